The summed E-state index contributed by atoms with van der Waals surface area (Å²) in [6.45, 7) is 1.68. The summed E-state index contributed by atoms with van der Waals surface area (Å²) in [6, 6.07) is 5.66. The molecule has 0 saturated carbocycles. The number of nitriles is 1. The molecular formula is C13H8BrN5O2. The number of aryl methyl sites for hydroxylation is 1. The molecule has 0 saturated heterocycles. The Labute approximate surface area is 127 Å². The first-order chi connectivity index (χ1) is 10.2. The lowest BCUT2D eigenvalue weighted by atomic mass is 10.2. The molecule has 8 heteroatoms. The second-order valence-corrected chi connectivity index (χ2v) is 5.14. The van der Waals surface area contributed by atoms with Gasteiger partial charge in [-0.05, 0) is 35.0 Å². The number of aromatic nitrogens is 4. The summed E-state index contributed by atoms with van der Waals surface area (Å²) in [5.74, 6) is 1.21. The lowest BCUT2D eigenvalue weighted by Crippen LogP contribution is -1.92. The molecule has 3 aromatic rings. The molecular weight excluding hydrogens is 338 g/mol. The second-order valence-electron chi connectivity index (χ2n) is 4.22. The lowest BCUT2D eigenvalue weighted by Gasteiger charge is -1.92. The Balaban J connectivity index is 1.85. The zero-order valence-corrected chi connectivity index (χ0v) is 12.5. The van der Waals surface area contributed by atoms with Gasteiger partial charge in [0.1, 0.15) is 23.0 Å². The highest BCUT2D eigenvalue weighted by Gasteiger charge is 2.17. The highest BCUT2D eigenvalue weighted by Crippen LogP contribution is 2.19. The summed E-state index contributed by atoms with van der Waals surface area (Å²) >= 11 is 3.31. The fourth-order valence-corrected chi connectivity index (χ4v) is 2.00. The summed E-state index contributed by atoms with van der Waals surface area (Å²) < 4.78 is 11.0. The van der Waals surface area contributed by atoms with Crippen molar-refractivity contribution in [2.24, 2.45) is 0 Å². The van der Waals surface area contributed by atoms with Gasteiger partial charge in [-0.2, -0.15) is 10.2 Å². The molecule has 0 fully saturated rings. The van der Waals surface area contributed by atoms with Gasteiger partial charge in [0.15, 0.2) is 5.76 Å². The van der Waals surface area contributed by atoms with Gasteiger partial charge in [0.2, 0.25) is 11.7 Å². The third-order valence-electron chi connectivity index (χ3n) is 2.79. The molecule has 0 aromatic carbocycles. The Bertz CT molecular complexity index is 816. The van der Waals surface area contributed by atoms with E-state index < -0.39 is 0 Å². The van der Waals surface area contributed by atoms with E-state index in [1.165, 1.54) is 0 Å². The molecule has 104 valence electrons. The number of hydrogen-bond donors (Lipinski definition) is 0. The van der Waals surface area contributed by atoms with Crippen molar-refractivity contribution in [1.29, 1.82) is 5.26 Å². The Morgan fingerprint density at radius 3 is 2.86 bits per heavy atom. The van der Waals surface area contributed by atoms with Crippen LogP contribution >= 0.6 is 15.9 Å². The van der Waals surface area contributed by atoms with Crippen LogP contribution in [0, 0.1) is 18.3 Å². The fourth-order valence-electron chi connectivity index (χ4n) is 1.76. The van der Waals surface area contributed by atoms with Crippen molar-refractivity contribution < 1.29 is 9.05 Å². The molecule has 0 amide bonds. The number of rotatable bonds is 3. The SMILES string of the molecule is Cc1onc(Cc2nc(-c3ccc(Br)cn3)no2)c1C#N. The number of hydrogen-bond acceptors (Lipinski definition) is 7. The van der Waals surface area contributed by atoms with Crippen LogP contribution in [0.4, 0.5) is 0 Å². The van der Waals surface area contributed by atoms with E-state index in [0.29, 0.717) is 34.4 Å². The molecule has 0 radical (unpaired) electrons. The first-order valence-corrected chi connectivity index (χ1v) is 6.76. The standard InChI is InChI=1S/C13H8BrN5O2/c1-7-9(5-15)11(18-20-7)4-12-17-13(19-21-12)10-3-2-8(14)6-16-10/h2-3,6H,4H2,1H3. The highest BCUT2D eigenvalue weighted by atomic mass is 79.9. The average molecular weight is 346 g/mol. The van der Waals surface area contributed by atoms with Gasteiger partial charge in [-0.3, -0.25) is 4.98 Å². The first-order valence-electron chi connectivity index (χ1n) is 5.97. The van der Waals surface area contributed by atoms with E-state index in [2.05, 4.69) is 36.2 Å². The van der Waals surface area contributed by atoms with Crippen molar-refractivity contribution in [2.75, 3.05) is 0 Å². The third-order valence-corrected chi connectivity index (χ3v) is 3.26. The van der Waals surface area contributed by atoms with Gasteiger partial charge in [0, 0.05) is 10.7 Å². The van der Waals surface area contributed by atoms with E-state index >= 15 is 0 Å². The second kappa shape index (κ2) is 5.46. The van der Waals surface area contributed by atoms with E-state index in [0.717, 1.165) is 4.47 Å². The summed E-state index contributed by atoms with van der Waals surface area (Å²) in [4.78, 5) is 8.43. The topological polar surface area (TPSA) is 102 Å². The zero-order valence-electron chi connectivity index (χ0n) is 10.9. The molecule has 0 aliphatic carbocycles. The maximum Gasteiger partial charge on any atom is 0.233 e. The van der Waals surface area contributed by atoms with E-state index in [1.807, 2.05) is 12.1 Å². The summed E-state index contributed by atoms with van der Waals surface area (Å²) in [5, 5.41) is 16.7. The van der Waals surface area contributed by atoms with Gasteiger partial charge in [-0.25, -0.2) is 0 Å². The van der Waals surface area contributed by atoms with E-state index in [-0.39, 0.29) is 6.42 Å². The maximum atomic E-state index is 9.04. The zero-order chi connectivity index (χ0) is 14.8. The van der Waals surface area contributed by atoms with Crippen LogP contribution in [0.5, 0.6) is 0 Å². The van der Waals surface area contributed by atoms with Crippen LogP contribution in [0.3, 0.4) is 0 Å². The summed E-state index contributed by atoms with van der Waals surface area (Å²) in [6.07, 6.45) is 1.89. The Hall–Kier alpha value is -2.53. The molecule has 0 spiro atoms. The van der Waals surface area contributed by atoms with Crippen LogP contribution in [0.25, 0.3) is 11.5 Å². The normalized spacial score (nSPS) is 10.5. The van der Waals surface area contributed by atoms with Crippen LogP contribution in [-0.4, -0.2) is 20.3 Å². The van der Waals surface area contributed by atoms with Crippen LogP contribution < -0.4 is 0 Å². The van der Waals surface area contributed by atoms with Crippen LogP contribution in [0.2, 0.25) is 0 Å². The van der Waals surface area contributed by atoms with E-state index in [9.17, 15) is 0 Å². The van der Waals surface area contributed by atoms with Gasteiger partial charge in [-0.15, -0.1) is 0 Å². The molecule has 0 aliphatic rings. The monoisotopic (exact) mass is 345 g/mol. The van der Waals surface area contributed by atoms with Crippen molar-refractivity contribution in [3.8, 4) is 17.6 Å². The predicted octanol–water partition coefficient (Wildman–Crippen LogP) is 2.65. The number of halogens is 1. The Morgan fingerprint density at radius 1 is 1.29 bits per heavy atom. The number of pyridine rings is 1. The Kier molecular flexibility index (Phi) is 3.50. The Morgan fingerprint density at radius 2 is 2.14 bits per heavy atom. The molecule has 0 unspecified atom stereocenters. The quantitative estimate of drug-likeness (QED) is 0.718. The minimum Gasteiger partial charge on any atom is -0.360 e. The fraction of sp³-hybridized carbons (Fsp3) is 0.154. The van der Waals surface area contributed by atoms with Crippen molar-refractivity contribution >= 4 is 15.9 Å². The van der Waals surface area contributed by atoms with Gasteiger partial charge >= 0.3 is 0 Å². The maximum absolute atomic E-state index is 9.04. The minimum absolute atomic E-state index is 0.240. The smallest absolute Gasteiger partial charge is 0.233 e. The van der Waals surface area contributed by atoms with Gasteiger partial charge in [-0.1, -0.05) is 10.3 Å². The lowest BCUT2D eigenvalue weighted by molar-refractivity contribution is 0.371. The molecule has 0 atom stereocenters. The highest BCUT2D eigenvalue weighted by molar-refractivity contribution is 9.10. The largest absolute Gasteiger partial charge is 0.360 e. The van der Waals surface area contributed by atoms with Gasteiger partial charge in [0.25, 0.3) is 0 Å². The van der Waals surface area contributed by atoms with Crippen molar-refractivity contribution in [3.63, 3.8) is 0 Å². The molecule has 7 nitrogen and oxygen atoms in total. The van der Waals surface area contributed by atoms with Crippen molar-refractivity contribution in [1.82, 2.24) is 20.3 Å². The molecule has 0 bridgehead atoms. The van der Waals surface area contributed by atoms with Crippen molar-refractivity contribution in [3.05, 3.63) is 45.7 Å². The molecule has 3 aromatic heterocycles. The molecule has 3 rings (SSSR count). The summed E-state index contributed by atoms with van der Waals surface area (Å²) in [5.41, 5.74) is 1.48. The third kappa shape index (κ3) is 2.68. The van der Waals surface area contributed by atoms with E-state index in [1.54, 1.807) is 19.2 Å². The number of nitrogens with zero attached hydrogens (tertiary/aromatic N) is 5. The van der Waals surface area contributed by atoms with Crippen LogP contribution in [-0.2, 0) is 6.42 Å². The van der Waals surface area contributed by atoms with Crippen LogP contribution in [0.1, 0.15) is 22.9 Å². The molecule has 21 heavy (non-hydrogen) atoms. The van der Waals surface area contributed by atoms with Gasteiger partial charge in [0.05, 0.1) is 6.42 Å². The molecule has 0 N–H and O–H groups in total. The van der Waals surface area contributed by atoms with Crippen molar-refractivity contribution in [2.45, 2.75) is 13.3 Å². The summed E-state index contributed by atoms with van der Waals surface area (Å²) in [7, 11) is 0. The predicted molar refractivity (Wildman–Crippen MR) is 74.0 cm³/mol. The average Bonchev–Trinajstić information content (AvgIpc) is 3.07. The molecule has 0 aliphatic heterocycles. The van der Waals surface area contributed by atoms with Crippen LogP contribution in [0.15, 0.2) is 31.8 Å². The first kappa shape index (κ1) is 13.5. The van der Waals surface area contributed by atoms with Gasteiger partial charge < -0.3 is 9.05 Å². The van der Waals surface area contributed by atoms with E-state index in [4.69, 9.17) is 14.3 Å². The minimum atomic E-state index is 0.240. The molecule has 3 heterocycles.